The van der Waals surface area contributed by atoms with E-state index in [0.29, 0.717) is 34.1 Å². The van der Waals surface area contributed by atoms with Crippen molar-refractivity contribution in [3.8, 4) is 0 Å². The Morgan fingerprint density at radius 2 is 2.11 bits per heavy atom. The summed E-state index contributed by atoms with van der Waals surface area (Å²) < 4.78 is 12.1. The van der Waals surface area contributed by atoms with Crippen molar-refractivity contribution in [1.29, 1.82) is 0 Å². The summed E-state index contributed by atoms with van der Waals surface area (Å²) in [6.45, 7) is 4.52. The van der Waals surface area contributed by atoms with Gasteiger partial charge in [0.05, 0.1) is 23.8 Å². The van der Waals surface area contributed by atoms with E-state index in [-0.39, 0.29) is 11.3 Å². The number of carbonyl (C=O) groups is 1. The fourth-order valence-corrected chi connectivity index (χ4v) is 3.73. The predicted molar refractivity (Wildman–Crippen MR) is 105 cm³/mol. The number of rotatable bonds is 7. The van der Waals surface area contributed by atoms with Gasteiger partial charge in [0, 0.05) is 12.1 Å². The van der Waals surface area contributed by atoms with Gasteiger partial charge in [0.2, 0.25) is 5.76 Å². The third kappa shape index (κ3) is 4.08. The quantitative estimate of drug-likeness (QED) is 0.345. The Balaban J connectivity index is 1.92. The van der Waals surface area contributed by atoms with Gasteiger partial charge >= 0.3 is 5.97 Å². The van der Waals surface area contributed by atoms with Crippen molar-refractivity contribution in [2.75, 3.05) is 7.11 Å². The summed E-state index contributed by atoms with van der Waals surface area (Å²) in [6.07, 6.45) is 1.89. The molecule has 1 aromatic carbocycles. The van der Waals surface area contributed by atoms with Gasteiger partial charge in [0.25, 0.3) is 5.56 Å². The number of benzene rings is 1. The van der Waals surface area contributed by atoms with Crippen molar-refractivity contribution in [2.24, 2.45) is 0 Å². The van der Waals surface area contributed by atoms with Gasteiger partial charge in [-0.3, -0.25) is 9.36 Å². The van der Waals surface area contributed by atoms with E-state index < -0.39 is 5.97 Å². The van der Waals surface area contributed by atoms with Crippen LogP contribution in [0.1, 0.15) is 41.6 Å². The highest BCUT2D eigenvalue weighted by molar-refractivity contribution is 7.98. The van der Waals surface area contributed by atoms with E-state index in [2.05, 4.69) is 11.9 Å². The van der Waals surface area contributed by atoms with Crippen LogP contribution in [0.15, 0.2) is 44.7 Å². The van der Waals surface area contributed by atoms with E-state index in [1.165, 1.54) is 18.9 Å². The highest BCUT2D eigenvalue weighted by Gasteiger charge is 2.17. The third-order valence-electron chi connectivity index (χ3n) is 4.25. The van der Waals surface area contributed by atoms with Crippen LogP contribution >= 0.6 is 11.8 Å². The number of thioether (sulfide) groups is 1. The van der Waals surface area contributed by atoms with Crippen molar-refractivity contribution in [1.82, 2.24) is 9.55 Å². The molecule has 0 bridgehead atoms. The number of ether oxygens (including phenoxy) is 1. The number of carbonyl (C=O) groups excluding carboxylic acids is 1. The van der Waals surface area contributed by atoms with Crippen molar-refractivity contribution in [2.45, 2.75) is 44.1 Å². The maximum absolute atomic E-state index is 12.9. The molecule has 6 nitrogen and oxygen atoms in total. The minimum absolute atomic E-state index is 0.0255. The van der Waals surface area contributed by atoms with Crippen molar-refractivity contribution < 1.29 is 13.9 Å². The molecule has 0 spiro atoms. The fourth-order valence-electron chi connectivity index (χ4n) is 2.82. The fraction of sp³-hybridized carbons (Fsp3) is 0.350. The molecule has 2 aromatic heterocycles. The summed E-state index contributed by atoms with van der Waals surface area (Å²) in [7, 11) is 1.32. The highest BCUT2D eigenvalue weighted by Crippen LogP contribution is 2.25. The van der Waals surface area contributed by atoms with Gasteiger partial charge < -0.3 is 9.15 Å². The molecule has 0 aliphatic heterocycles. The van der Waals surface area contributed by atoms with Gasteiger partial charge in [0.1, 0.15) is 5.76 Å². The SMILES string of the molecule is CCCCn1c(SCc2cc(C)c(C(=O)OC)o2)nc2ccccc2c1=O. The number of nitrogens with zero attached hydrogens (tertiary/aromatic N) is 2. The lowest BCUT2D eigenvalue weighted by atomic mass is 10.2. The molecule has 0 aliphatic carbocycles. The average Bonchev–Trinajstić information content (AvgIpc) is 3.06. The number of para-hydroxylation sites is 1. The van der Waals surface area contributed by atoms with Crippen LogP contribution in [0, 0.1) is 6.92 Å². The maximum Gasteiger partial charge on any atom is 0.374 e. The van der Waals surface area contributed by atoms with Crippen LogP contribution in [0.4, 0.5) is 0 Å². The van der Waals surface area contributed by atoms with Crippen molar-refractivity contribution >= 4 is 28.6 Å². The molecule has 0 saturated carbocycles. The molecule has 0 aliphatic rings. The zero-order chi connectivity index (χ0) is 19.4. The number of furan rings is 1. The lowest BCUT2D eigenvalue weighted by Crippen LogP contribution is -2.23. The molecule has 142 valence electrons. The Bertz CT molecular complexity index is 1020. The third-order valence-corrected chi connectivity index (χ3v) is 5.24. The number of methoxy groups -OCH3 is 1. The molecule has 0 atom stereocenters. The van der Waals surface area contributed by atoms with Gasteiger partial charge in [-0.1, -0.05) is 37.2 Å². The molecular formula is C20H22N2O4S. The Kier molecular flexibility index (Phi) is 6.01. The molecule has 27 heavy (non-hydrogen) atoms. The summed E-state index contributed by atoms with van der Waals surface area (Å²) in [5, 5.41) is 1.28. The van der Waals surface area contributed by atoms with Crippen LogP contribution in [0.5, 0.6) is 0 Å². The van der Waals surface area contributed by atoms with Gasteiger partial charge in [0.15, 0.2) is 5.16 Å². The van der Waals surface area contributed by atoms with E-state index in [9.17, 15) is 9.59 Å². The molecule has 0 fully saturated rings. The minimum atomic E-state index is -0.493. The monoisotopic (exact) mass is 386 g/mol. The number of aryl methyl sites for hydroxylation is 1. The van der Waals surface area contributed by atoms with Crippen molar-refractivity contribution in [3.63, 3.8) is 0 Å². The van der Waals surface area contributed by atoms with Crippen LogP contribution in [0.25, 0.3) is 10.9 Å². The number of esters is 1. The molecule has 2 heterocycles. The van der Waals surface area contributed by atoms with E-state index in [1.54, 1.807) is 17.6 Å². The summed E-state index contributed by atoms with van der Waals surface area (Å²) in [5.74, 6) is 0.826. The largest absolute Gasteiger partial charge is 0.463 e. The van der Waals surface area contributed by atoms with E-state index in [1.807, 2.05) is 24.3 Å². The van der Waals surface area contributed by atoms with E-state index in [0.717, 1.165) is 18.4 Å². The molecule has 3 aromatic rings. The first-order chi connectivity index (χ1) is 13.0. The Labute approximate surface area is 161 Å². The lowest BCUT2D eigenvalue weighted by molar-refractivity contribution is 0.0562. The summed E-state index contributed by atoms with van der Waals surface area (Å²) in [4.78, 5) is 29.3. The maximum atomic E-state index is 12.9. The molecule has 0 unspecified atom stereocenters. The number of aromatic nitrogens is 2. The van der Waals surface area contributed by atoms with Crippen LogP contribution in [-0.2, 0) is 17.0 Å². The molecule has 0 N–H and O–H groups in total. The second-order valence-electron chi connectivity index (χ2n) is 6.23. The predicted octanol–water partition coefficient (Wildman–Crippen LogP) is 4.18. The zero-order valence-electron chi connectivity index (χ0n) is 15.7. The molecule has 0 saturated heterocycles. The van der Waals surface area contributed by atoms with E-state index in [4.69, 9.17) is 9.15 Å². The van der Waals surface area contributed by atoms with Crippen LogP contribution in [-0.4, -0.2) is 22.6 Å². The van der Waals surface area contributed by atoms with Crippen LogP contribution in [0.2, 0.25) is 0 Å². The summed E-state index contributed by atoms with van der Waals surface area (Å²) in [5.41, 5.74) is 1.39. The van der Waals surface area contributed by atoms with Crippen LogP contribution < -0.4 is 5.56 Å². The molecule has 0 amide bonds. The standard InChI is InChI=1S/C20H22N2O4S/c1-4-5-10-22-18(23)15-8-6-7-9-16(15)21-20(22)27-12-14-11-13(2)17(26-14)19(24)25-3/h6-9,11H,4-5,10,12H2,1-3H3. The highest BCUT2D eigenvalue weighted by atomic mass is 32.2. The van der Waals surface area contributed by atoms with Gasteiger partial charge in [-0.2, -0.15) is 0 Å². The molecular weight excluding hydrogens is 364 g/mol. The molecule has 7 heteroatoms. The number of unbranched alkanes of at least 4 members (excludes halogenated alkanes) is 1. The Morgan fingerprint density at radius 3 is 2.85 bits per heavy atom. The Hall–Kier alpha value is -2.54. The Morgan fingerprint density at radius 1 is 1.33 bits per heavy atom. The number of hydrogen-bond donors (Lipinski definition) is 0. The van der Waals surface area contributed by atoms with Crippen molar-refractivity contribution in [3.05, 3.63) is 57.8 Å². The second-order valence-corrected chi connectivity index (χ2v) is 7.17. The van der Waals surface area contributed by atoms with Gasteiger partial charge in [-0.05, 0) is 31.5 Å². The molecule has 0 radical (unpaired) electrons. The normalized spacial score (nSPS) is 11.1. The van der Waals surface area contributed by atoms with Gasteiger partial charge in [-0.15, -0.1) is 0 Å². The smallest absolute Gasteiger partial charge is 0.374 e. The topological polar surface area (TPSA) is 74.3 Å². The number of fused-ring (bicyclic) bond motifs is 1. The van der Waals surface area contributed by atoms with Crippen LogP contribution in [0.3, 0.4) is 0 Å². The first-order valence-electron chi connectivity index (χ1n) is 8.85. The second kappa shape index (κ2) is 8.43. The van der Waals surface area contributed by atoms with Gasteiger partial charge in [-0.25, -0.2) is 9.78 Å². The zero-order valence-corrected chi connectivity index (χ0v) is 16.5. The minimum Gasteiger partial charge on any atom is -0.463 e. The average molecular weight is 386 g/mol. The lowest BCUT2D eigenvalue weighted by Gasteiger charge is -2.12. The first kappa shape index (κ1) is 19.2. The van der Waals surface area contributed by atoms with E-state index >= 15 is 0 Å². The summed E-state index contributed by atoms with van der Waals surface area (Å²) >= 11 is 1.43. The molecule has 3 rings (SSSR count). The number of hydrogen-bond acceptors (Lipinski definition) is 6. The summed E-state index contributed by atoms with van der Waals surface area (Å²) in [6, 6.07) is 9.19. The first-order valence-corrected chi connectivity index (χ1v) is 9.83.